The number of imidazole rings is 1. The van der Waals surface area contributed by atoms with Crippen LogP contribution in [0, 0.1) is 5.82 Å². The average molecular weight is 359 g/mol. The Morgan fingerprint density at radius 3 is 2.69 bits per heavy atom. The van der Waals surface area contributed by atoms with Crippen molar-refractivity contribution in [3.63, 3.8) is 0 Å². The van der Waals surface area contributed by atoms with Gasteiger partial charge in [-0.25, -0.2) is 18.7 Å². The molecule has 3 rings (SSSR count). The fourth-order valence-corrected chi connectivity index (χ4v) is 2.79. The summed E-state index contributed by atoms with van der Waals surface area (Å²) < 4.78 is 16.9. The molecule has 2 heterocycles. The standard InChI is InChI=1S/C17H18FN5O3/c1-20(8-11-5-4-6-12(18)7-11)13(24)9-23-16(25)14-15(19-10-21(14)2)22(3)17(23)26/h4-7,10H,8-9H2,1-3H3. The van der Waals surface area contributed by atoms with Gasteiger partial charge in [-0.05, 0) is 17.7 Å². The zero-order valence-electron chi connectivity index (χ0n) is 14.6. The average Bonchev–Trinajstić information content (AvgIpc) is 2.98. The van der Waals surface area contributed by atoms with Gasteiger partial charge in [0.05, 0.1) is 6.33 Å². The Kier molecular flexibility index (Phi) is 4.45. The van der Waals surface area contributed by atoms with Crippen molar-refractivity contribution in [1.82, 2.24) is 23.6 Å². The summed E-state index contributed by atoms with van der Waals surface area (Å²) in [6, 6.07) is 5.90. The minimum atomic E-state index is -0.617. The molecule has 0 atom stereocenters. The quantitative estimate of drug-likeness (QED) is 0.668. The number of hydrogen-bond acceptors (Lipinski definition) is 4. The number of halogens is 1. The molecule has 0 aliphatic heterocycles. The Morgan fingerprint density at radius 2 is 2.00 bits per heavy atom. The topological polar surface area (TPSA) is 82.1 Å². The molecule has 1 aromatic carbocycles. The lowest BCUT2D eigenvalue weighted by Crippen LogP contribution is -2.43. The third-order valence-electron chi connectivity index (χ3n) is 4.23. The van der Waals surface area contributed by atoms with E-state index in [-0.39, 0.29) is 17.7 Å². The predicted molar refractivity (Wildman–Crippen MR) is 93.1 cm³/mol. The molecule has 3 aromatic rings. The van der Waals surface area contributed by atoms with E-state index >= 15 is 0 Å². The van der Waals surface area contributed by atoms with Crippen molar-refractivity contribution in [2.75, 3.05) is 7.05 Å². The molecule has 8 nitrogen and oxygen atoms in total. The van der Waals surface area contributed by atoms with E-state index in [4.69, 9.17) is 0 Å². The zero-order chi connectivity index (χ0) is 19.0. The molecule has 1 amide bonds. The first-order chi connectivity index (χ1) is 12.3. The van der Waals surface area contributed by atoms with E-state index in [1.165, 1.54) is 46.6 Å². The van der Waals surface area contributed by atoms with Crippen molar-refractivity contribution in [2.45, 2.75) is 13.1 Å². The molecule has 0 aliphatic carbocycles. The maximum atomic E-state index is 13.3. The molecule has 0 saturated heterocycles. The second kappa shape index (κ2) is 6.58. The number of benzene rings is 1. The number of amides is 1. The van der Waals surface area contributed by atoms with E-state index in [9.17, 15) is 18.8 Å². The molecule has 0 spiro atoms. The zero-order valence-corrected chi connectivity index (χ0v) is 14.6. The van der Waals surface area contributed by atoms with Gasteiger partial charge in [-0.2, -0.15) is 0 Å². The van der Waals surface area contributed by atoms with Gasteiger partial charge in [0.2, 0.25) is 5.91 Å². The first kappa shape index (κ1) is 17.6. The smallest absolute Gasteiger partial charge is 0.332 e. The lowest BCUT2D eigenvalue weighted by atomic mass is 10.2. The minimum absolute atomic E-state index is 0.166. The molecule has 0 saturated carbocycles. The van der Waals surface area contributed by atoms with Crippen LogP contribution in [0.3, 0.4) is 0 Å². The highest BCUT2D eigenvalue weighted by Gasteiger charge is 2.18. The number of carbonyl (C=O) groups excluding carboxylic acids is 1. The van der Waals surface area contributed by atoms with E-state index < -0.39 is 29.5 Å². The summed E-state index contributed by atoms with van der Waals surface area (Å²) in [5.74, 6) is -0.829. The second-order valence-electron chi connectivity index (χ2n) is 6.14. The molecule has 0 unspecified atom stereocenters. The Morgan fingerprint density at radius 1 is 1.27 bits per heavy atom. The van der Waals surface area contributed by atoms with Crippen LogP contribution in [-0.4, -0.2) is 36.5 Å². The first-order valence-corrected chi connectivity index (χ1v) is 7.89. The summed E-state index contributed by atoms with van der Waals surface area (Å²) >= 11 is 0. The largest absolute Gasteiger partial charge is 0.340 e. The summed E-state index contributed by atoms with van der Waals surface area (Å²) in [5.41, 5.74) is -0.0699. The van der Waals surface area contributed by atoms with Crippen LogP contribution < -0.4 is 11.2 Å². The number of rotatable bonds is 4. The van der Waals surface area contributed by atoms with Gasteiger partial charge in [0.1, 0.15) is 12.4 Å². The van der Waals surface area contributed by atoms with Crippen LogP contribution in [0.25, 0.3) is 11.2 Å². The molecule has 2 aromatic heterocycles. The van der Waals surface area contributed by atoms with Gasteiger partial charge in [-0.15, -0.1) is 0 Å². The maximum absolute atomic E-state index is 13.3. The third-order valence-corrected chi connectivity index (χ3v) is 4.23. The Labute approximate surface area is 147 Å². The summed E-state index contributed by atoms with van der Waals surface area (Å²) in [6.07, 6.45) is 1.44. The fraction of sp³-hybridized carbons (Fsp3) is 0.294. The highest BCUT2D eigenvalue weighted by molar-refractivity contribution is 5.76. The van der Waals surface area contributed by atoms with Crippen LogP contribution in [-0.2, 0) is 32.0 Å². The molecule has 0 N–H and O–H groups in total. The Hall–Kier alpha value is -3.23. The SMILES string of the molecule is CN(Cc1cccc(F)c1)C(=O)Cn1c(=O)c2c(ncn2C)n(C)c1=O. The summed E-state index contributed by atoms with van der Waals surface area (Å²) in [5, 5.41) is 0. The minimum Gasteiger partial charge on any atom is -0.340 e. The molecule has 0 radical (unpaired) electrons. The van der Waals surface area contributed by atoms with Crippen LogP contribution in [0.5, 0.6) is 0 Å². The molecule has 26 heavy (non-hydrogen) atoms. The van der Waals surface area contributed by atoms with Gasteiger partial charge >= 0.3 is 5.69 Å². The van der Waals surface area contributed by atoms with Gasteiger partial charge in [0.25, 0.3) is 5.56 Å². The van der Waals surface area contributed by atoms with Crippen LogP contribution in [0.4, 0.5) is 4.39 Å². The first-order valence-electron chi connectivity index (χ1n) is 7.89. The Balaban J connectivity index is 1.91. The molecule has 0 fully saturated rings. The molecule has 9 heteroatoms. The summed E-state index contributed by atoms with van der Waals surface area (Å²) in [6.45, 7) is -0.238. The number of nitrogens with zero attached hydrogens (tertiary/aromatic N) is 5. The highest BCUT2D eigenvalue weighted by Crippen LogP contribution is 2.07. The van der Waals surface area contributed by atoms with Crippen molar-refractivity contribution in [3.8, 4) is 0 Å². The summed E-state index contributed by atoms with van der Waals surface area (Å²) in [4.78, 5) is 42.9. The molecular formula is C17H18FN5O3. The predicted octanol–water partition coefficient (Wildman–Crippen LogP) is 0.231. The number of hydrogen-bond donors (Lipinski definition) is 0. The van der Waals surface area contributed by atoms with Crippen molar-refractivity contribution in [3.05, 3.63) is 62.8 Å². The van der Waals surface area contributed by atoms with Crippen LogP contribution in [0.2, 0.25) is 0 Å². The lowest BCUT2D eigenvalue weighted by molar-refractivity contribution is -0.131. The molecule has 136 valence electrons. The maximum Gasteiger partial charge on any atom is 0.332 e. The van der Waals surface area contributed by atoms with Gasteiger partial charge in [-0.1, -0.05) is 12.1 Å². The van der Waals surface area contributed by atoms with Gasteiger partial charge in [-0.3, -0.25) is 14.2 Å². The highest BCUT2D eigenvalue weighted by atomic mass is 19.1. The van der Waals surface area contributed by atoms with Gasteiger partial charge < -0.3 is 9.47 Å². The number of aryl methyl sites for hydroxylation is 2. The summed E-state index contributed by atoms with van der Waals surface area (Å²) in [7, 11) is 4.67. The van der Waals surface area contributed by atoms with E-state index in [0.717, 1.165) is 4.57 Å². The van der Waals surface area contributed by atoms with E-state index in [0.29, 0.717) is 5.56 Å². The fourth-order valence-electron chi connectivity index (χ4n) is 2.79. The number of carbonyl (C=O) groups is 1. The van der Waals surface area contributed by atoms with Crippen molar-refractivity contribution < 1.29 is 9.18 Å². The molecule has 0 aliphatic rings. The van der Waals surface area contributed by atoms with E-state index in [1.807, 2.05) is 0 Å². The van der Waals surface area contributed by atoms with Crippen LogP contribution >= 0.6 is 0 Å². The monoisotopic (exact) mass is 359 g/mol. The van der Waals surface area contributed by atoms with Crippen molar-refractivity contribution in [1.29, 1.82) is 0 Å². The third kappa shape index (κ3) is 3.03. The van der Waals surface area contributed by atoms with Crippen LogP contribution in [0.1, 0.15) is 5.56 Å². The Bertz CT molecular complexity index is 1110. The van der Waals surface area contributed by atoms with E-state index in [2.05, 4.69) is 4.98 Å². The lowest BCUT2D eigenvalue weighted by Gasteiger charge is -2.18. The van der Waals surface area contributed by atoms with Crippen molar-refractivity contribution >= 4 is 17.1 Å². The second-order valence-corrected chi connectivity index (χ2v) is 6.14. The van der Waals surface area contributed by atoms with E-state index in [1.54, 1.807) is 19.2 Å². The molecule has 0 bridgehead atoms. The molecular weight excluding hydrogens is 341 g/mol. The van der Waals surface area contributed by atoms with Gasteiger partial charge in [0.15, 0.2) is 11.2 Å². The number of fused-ring (bicyclic) bond motifs is 1. The van der Waals surface area contributed by atoms with Crippen LogP contribution in [0.15, 0.2) is 40.2 Å². The van der Waals surface area contributed by atoms with Gasteiger partial charge in [0, 0.05) is 27.7 Å². The number of likely N-dealkylation sites (N-methyl/N-ethyl adjacent to an activating group) is 1. The van der Waals surface area contributed by atoms with Crippen molar-refractivity contribution in [2.24, 2.45) is 14.1 Å². The number of aromatic nitrogens is 4. The normalized spacial score (nSPS) is 11.1.